The van der Waals surface area contributed by atoms with Gasteiger partial charge in [0.05, 0.1) is 9.90 Å². The Hall–Kier alpha value is -1.72. The van der Waals surface area contributed by atoms with Gasteiger partial charge in [0.1, 0.15) is 12.4 Å². The third kappa shape index (κ3) is 2.94. The molecule has 0 aliphatic heterocycles. The summed E-state index contributed by atoms with van der Waals surface area (Å²) < 4.78 is 6.18. The fourth-order valence-corrected chi connectivity index (χ4v) is 2.39. The predicted molar refractivity (Wildman–Crippen MR) is 71.5 cm³/mol. The number of nitrogen functional groups attached to an aromatic ring is 1. The van der Waals surface area contributed by atoms with E-state index in [9.17, 15) is 4.79 Å². The summed E-state index contributed by atoms with van der Waals surface area (Å²) in [5.41, 5.74) is 5.80. The third-order valence-corrected chi connectivity index (χ3v) is 3.47. The lowest BCUT2D eigenvalue weighted by molar-refractivity contribution is 0.0697. The van der Waals surface area contributed by atoms with E-state index in [1.165, 1.54) is 23.5 Å². The summed E-state index contributed by atoms with van der Waals surface area (Å²) in [5.74, 6) is -0.608. The maximum Gasteiger partial charge on any atom is 0.337 e. The van der Waals surface area contributed by atoms with Gasteiger partial charge in [-0.3, -0.25) is 0 Å². The normalized spacial score (nSPS) is 10.3. The van der Waals surface area contributed by atoms with Crippen LogP contribution in [0, 0.1) is 0 Å². The van der Waals surface area contributed by atoms with Crippen molar-refractivity contribution in [3.05, 3.63) is 45.1 Å². The summed E-state index contributed by atoms with van der Waals surface area (Å²) in [7, 11) is 0. The number of carboxylic acid groups (broad SMARTS) is 1. The van der Waals surface area contributed by atoms with Crippen LogP contribution in [-0.4, -0.2) is 11.1 Å². The van der Waals surface area contributed by atoms with E-state index >= 15 is 0 Å². The van der Waals surface area contributed by atoms with Crippen LogP contribution in [0.5, 0.6) is 5.75 Å². The van der Waals surface area contributed by atoms with Gasteiger partial charge in [-0.1, -0.05) is 11.6 Å². The van der Waals surface area contributed by atoms with Gasteiger partial charge < -0.3 is 15.6 Å². The quantitative estimate of drug-likeness (QED) is 0.845. The molecule has 2 rings (SSSR count). The van der Waals surface area contributed by atoms with Gasteiger partial charge in [-0.05, 0) is 30.3 Å². The molecule has 0 bridgehead atoms. The van der Waals surface area contributed by atoms with Crippen molar-refractivity contribution in [1.82, 2.24) is 0 Å². The molecule has 0 saturated carbocycles. The molecule has 0 aliphatic rings. The zero-order valence-electron chi connectivity index (χ0n) is 9.22. The van der Waals surface area contributed by atoms with E-state index in [0.29, 0.717) is 16.7 Å². The number of halogens is 1. The summed E-state index contributed by atoms with van der Waals surface area (Å²) in [6.45, 7) is 0.348. The Morgan fingerprint density at radius 1 is 1.39 bits per heavy atom. The summed E-state index contributed by atoms with van der Waals surface area (Å²) in [6.07, 6.45) is 0. The van der Waals surface area contributed by atoms with Crippen molar-refractivity contribution < 1.29 is 14.6 Å². The minimum absolute atomic E-state index is 0.0386. The summed E-state index contributed by atoms with van der Waals surface area (Å²) in [5, 5.41) is 8.93. The number of anilines is 1. The molecule has 0 fully saturated rings. The average molecular weight is 284 g/mol. The van der Waals surface area contributed by atoms with E-state index in [4.69, 9.17) is 27.2 Å². The zero-order valence-corrected chi connectivity index (χ0v) is 10.8. The van der Waals surface area contributed by atoms with E-state index in [0.717, 1.165) is 4.88 Å². The first-order valence-corrected chi connectivity index (χ1v) is 6.25. The SMILES string of the molecule is Nc1ccc(OCc2ccc(Cl)s2)cc1C(=O)O. The lowest BCUT2D eigenvalue weighted by atomic mass is 10.2. The van der Waals surface area contributed by atoms with Crippen molar-refractivity contribution in [2.24, 2.45) is 0 Å². The molecule has 4 nitrogen and oxygen atoms in total. The zero-order chi connectivity index (χ0) is 13.1. The molecule has 0 saturated heterocycles. The number of thiophene rings is 1. The highest BCUT2D eigenvalue weighted by Gasteiger charge is 2.09. The second-order valence-electron chi connectivity index (χ2n) is 3.55. The molecule has 0 atom stereocenters. The lowest BCUT2D eigenvalue weighted by Gasteiger charge is -2.07. The second kappa shape index (κ2) is 5.29. The Morgan fingerprint density at radius 3 is 2.78 bits per heavy atom. The van der Waals surface area contributed by atoms with Crippen LogP contribution in [0.3, 0.4) is 0 Å². The van der Waals surface area contributed by atoms with Crippen molar-refractivity contribution in [2.75, 3.05) is 5.73 Å². The van der Waals surface area contributed by atoms with Gasteiger partial charge in [0.15, 0.2) is 0 Å². The monoisotopic (exact) mass is 283 g/mol. The van der Waals surface area contributed by atoms with Crippen molar-refractivity contribution in [1.29, 1.82) is 0 Å². The maximum atomic E-state index is 10.9. The predicted octanol–water partition coefficient (Wildman–Crippen LogP) is 3.26. The Morgan fingerprint density at radius 2 is 2.17 bits per heavy atom. The highest BCUT2D eigenvalue weighted by Crippen LogP contribution is 2.24. The Balaban J connectivity index is 2.10. The standard InChI is InChI=1S/C12H10ClNO3S/c13-11-4-2-8(18-11)6-17-7-1-3-10(14)9(5-7)12(15)16/h1-5H,6,14H2,(H,15,16). The molecule has 3 N–H and O–H groups in total. The first-order valence-electron chi connectivity index (χ1n) is 5.06. The van der Waals surface area contributed by atoms with Gasteiger partial charge >= 0.3 is 5.97 Å². The summed E-state index contributed by atoms with van der Waals surface area (Å²) in [4.78, 5) is 11.9. The third-order valence-electron chi connectivity index (χ3n) is 2.27. The summed E-state index contributed by atoms with van der Waals surface area (Å²) >= 11 is 7.22. The molecule has 1 aromatic heterocycles. The maximum absolute atomic E-state index is 10.9. The van der Waals surface area contributed by atoms with Gasteiger partial charge in [0.25, 0.3) is 0 Å². The van der Waals surface area contributed by atoms with E-state index in [1.807, 2.05) is 6.07 Å². The molecule has 1 heterocycles. The molecule has 94 valence electrons. The second-order valence-corrected chi connectivity index (χ2v) is 5.35. The smallest absolute Gasteiger partial charge is 0.337 e. The number of ether oxygens (including phenoxy) is 1. The van der Waals surface area contributed by atoms with E-state index < -0.39 is 5.97 Å². The Kier molecular flexibility index (Phi) is 3.74. The number of rotatable bonds is 4. The van der Waals surface area contributed by atoms with Crippen LogP contribution in [0.2, 0.25) is 4.34 Å². The minimum atomic E-state index is -1.07. The molecule has 0 radical (unpaired) electrons. The number of aromatic carboxylic acids is 1. The molecule has 0 amide bonds. The average Bonchev–Trinajstić information content (AvgIpc) is 2.74. The van der Waals surface area contributed by atoms with E-state index in [2.05, 4.69) is 0 Å². The molecule has 0 unspecified atom stereocenters. The summed E-state index contributed by atoms with van der Waals surface area (Å²) in [6, 6.07) is 8.21. The van der Waals surface area contributed by atoms with Crippen LogP contribution < -0.4 is 10.5 Å². The van der Waals surface area contributed by atoms with Crippen LogP contribution in [0.25, 0.3) is 0 Å². The first-order chi connectivity index (χ1) is 8.56. The molecule has 0 aliphatic carbocycles. The van der Waals surface area contributed by atoms with Crippen molar-refractivity contribution in [2.45, 2.75) is 6.61 Å². The molecule has 6 heteroatoms. The number of carbonyl (C=O) groups is 1. The fraction of sp³-hybridized carbons (Fsp3) is 0.0833. The largest absolute Gasteiger partial charge is 0.488 e. The number of benzene rings is 1. The van der Waals surface area contributed by atoms with Gasteiger partial charge in [-0.25, -0.2) is 4.79 Å². The molecular formula is C12H10ClNO3S. The van der Waals surface area contributed by atoms with Crippen LogP contribution in [0.4, 0.5) is 5.69 Å². The van der Waals surface area contributed by atoms with E-state index in [1.54, 1.807) is 12.1 Å². The fourth-order valence-electron chi connectivity index (χ4n) is 1.39. The number of carboxylic acids is 1. The van der Waals surface area contributed by atoms with Crippen LogP contribution in [0.15, 0.2) is 30.3 Å². The molecule has 2 aromatic rings. The topological polar surface area (TPSA) is 72.5 Å². The van der Waals surface area contributed by atoms with E-state index in [-0.39, 0.29) is 11.3 Å². The number of hydrogen-bond acceptors (Lipinski definition) is 4. The Bertz CT molecular complexity index is 582. The highest BCUT2D eigenvalue weighted by molar-refractivity contribution is 7.16. The van der Waals surface area contributed by atoms with Crippen molar-refractivity contribution in [3.63, 3.8) is 0 Å². The van der Waals surface area contributed by atoms with Crippen LogP contribution >= 0.6 is 22.9 Å². The van der Waals surface area contributed by atoms with Gasteiger partial charge in [0, 0.05) is 10.6 Å². The molecule has 1 aromatic carbocycles. The molecule has 0 spiro atoms. The van der Waals surface area contributed by atoms with Crippen molar-refractivity contribution in [3.8, 4) is 5.75 Å². The van der Waals surface area contributed by atoms with Gasteiger partial charge in [0.2, 0.25) is 0 Å². The van der Waals surface area contributed by atoms with Crippen LogP contribution in [0.1, 0.15) is 15.2 Å². The number of nitrogens with two attached hydrogens (primary N) is 1. The van der Waals surface area contributed by atoms with Crippen LogP contribution in [-0.2, 0) is 6.61 Å². The first kappa shape index (κ1) is 12.7. The Labute approximate surface area is 113 Å². The van der Waals surface area contributed by atoms with Gasteiger partial charge in [-0.15, -0.1) is 11.3 Å². The lowest BCUT2D eigenvalue weighted by Crippen LogP contribution is -2.03. The number of hydrogen-bond donors (Lipinski definition) is 2. The highest BCUT2D eigenvalue weighted by atomic mass is 35.5. The molecular weight excluding hydrogens is 274 g/mol. The van der Waals surface area contributed by atoms with Crippen molar-refractivity contribution >= 4 is 34.6 Å². The molecule has 18 heavy (non-hydrogen) atoms. The van der Waals surface area contributed by atoms with Gasteiger partial charge in [-0.2, -0.15) is 0 Å². The minimum Gasteiger partial charge on any atom is -0.488 e.